The van der Waals surface area contributed by atoms with E-state index in [0.717, 1.165) is 35.1 Å². The number of thioether (sulfide) groups is 1. The molecule has 6 nitrogen and oxygen atoms in total. The second-order valence-corrected chi connectivity index (χ2v) is 7.95. The maximum Gasteiger partial charge on any atom is 0.234 e. The number of carbonyl (C=O) groups excluding carboxylic acids is 1. The van der Waals surface area contributed by atoms with E-state index in [1.807, 2.05) is 41.8 Å². The van der Waals surface area contributed by atoms with Crippen LogP contribution in [0.2, 0.25) is 5.02 Å². The van der Waals surface area contributed by atoms with E-state index in [-0.39, 0.29) is 11.7 Å². The maximum absolute atomic E-state index is 12.3. The Morgan fingerprint density at radius 1 is 1.37 bits per heavy atom. The van der Waals surface area contributed by atoms with Crippen LogP contribution in [-0.4, -0.2) is 26.4 Å². The fraction of sp³-hybridized carbons (Fsp3) is 0.316. The highest BCUT2D eigenvalue weighted by Gasteiger charge is 2.30. The number of furan rings is 1. The predicted octanol–water partition coefficient (Wildman–Crippen LogP) is 4.49. The first-order valence-corrected chi connectivity index (χ1v) is 10.1. The van der Waals surface area contributed by atoms with Crippen molar-refractivity contribution in [2.45, 2.75) is 37.4 Å². The molecule has 0 spiro atoms. The first-order chi connectivity index (χ1) is 13.1. The monoisotopic (exact) mass is 402 g/mol. The average molecular weight is 403 g/mol. The Hall–Kier alpha value is -2.25. The minimum absolute atomic E-state index is 0.133. The highest BCUT2D eigenvalue weighted by atomic mass is 35.5. The number of nitrogens with zero attached hydrogens (tertiary/aromatic N) is 3. The van der Waals surface area contributed by atoms with Crippen LogP contribution in [0.3, 0.4) is 0 Å². The number of anilines is 1. The van der Waals surface area contributed by atoms with Gasteiger partial charge in [0.2, 0.25) is 5.91 Å². The molecule has 0 bridgehead atoms. The van der Waals surface area contributed by atoms with Gasteiger partial charge in [0, 0.05) is 5.92 Å². The summed E-state index contributed by atoms with van der Waals surface area (Å²) in [6.07, 6.45) is 3.92. The molecule has 0 unspecified atom stereocenters. The third kappa shape index (κ3) is 4.36. The predicted molar refractivity (Wildman–Crippen MR) is 105 cm³/mol. The van der Waals surface area contributed by atoms with Crippen molar-refractivity contribution in [1.82, 2.24) is 14.8 Å². The van der Waals surface area contributed by atoms with Crippen LogP contribution >= 0.6 is 23.4 Å². The Morgan fingerprint density at radius 2 is 2.22 bits per heavy atom. The number of nitrogens with one attached hydrogen (secondary N) is 1. The molecule has 0 radical (unpaired) electrons. The molecule has 3 aromatic rings. The molecule has 0 aliphatic heterocycles. The first kappa shape index (κ1) is 18.1. The van der Waals surface area contributed by atoms with Gasteiger partial charge >= 0.3 is 0 Å². The molecule has 140 valence electrons. The maximum atomic E-state index is 12.3. The van der Waals surface area contributed by atoms with Gasteiger partial charge in [-0.1, -0.05) is 29.4 Å². The number of amides is 1. The lowest BCUT2D eigenvalue weighted by molar-refractivity contribution is -0.113. The van der Waals surface area contributed by atoms with Gasteiger partial charge in [0.25, 0.3) is 0 Å². The highest BCUT2D eigenvalue weighted by molar-refractivity contribution is 7.99. The molecule has 2 aromatic heterocycles. The third-order valence-electron chi connectivity index (χ3n) is 4.31. The quantitative estimate of drug-likeness (QED) is 0.589. The van der Waals surface area contributed by atoms with Crippen LogP contribution in [0.25, 0.3) is 0 Å². The molecule has 1 fully saturated rings. The average Bonchev–Trinajstić information content (AvgIpc) is 3.20. The molecular weight excluding hydrogens is 384 g/mol. The van der Waals surface area contributed by atoms with Gasteiger partial charge in [-0.15, -0.1) is 10.2 Å². The van der Waals surface area contributed by atoms with E-state index in [4.69, 9.17) is 16.0 Å². The molecule has 8 heteroatoms. The van der Waals surface area contributed by atoms with Gasteiger partial charge in [0.1, 0.15) is 11.6 Å². The standard InChI is InChI=1S/C19H19ClN4O2S/c1-12-4-7-16(15(20)9-12)21-17(25)11-27-19-23-22-18(13-5-6-13)24(19)10-14-3-2-8-26-14/h2-4,7-9,13H,5-6,10-11H2,1H3,(H,21,25). The van der Waals surface area contributed by atoms with Crippen LogP contribution < -0.4 is 5.32 Å². The summed E-state index contributed by atoms with van der Waals surface area (Å²) in [5, 5.41) is 12.7. The smallest absolute Gasteiger partial charge is 0.234 e. The number of aryl methyl sites for hydroxylation is 1. The van der Waals surface area contributed by atoms with E-state index in [2.05, 4.69) is 15.5 Å². The molecule has 1 aliphatic rings. The number of rotatable bonds is 7. The zero-order valence-electron chi connectivity index (χ0n) is 14.8. The van der Waals surface area contributed by atoms with E-state index < -0.39 is 0 Å². The van der Waals surface area contributed by atoms with Gasteiger partial charge in [-0.2, -0.15) is 0 Å². The van der Waals surface area contributed by atoms with Crippen molar-refractivity contribution in [2.75, 3.05) is 11.1 Å². The van der Waals surface area contributed by atoms with Crippen molar-refractivity contribution in [3.05, 3.63) is 58.8 Å². The lowest BCUT2D eigenvalue weighted by Crippen LogP contribution is -2.15. The van der Waals surface area contributed by atoms with Crippen LogP contribution in [0.1, 0.15) is 35.9 Å². The van der Waals surface area contributed by atoms with Crippen LogP contribution in [0, 0.1) is 6.92 Å². The summed E-state index contributed by atoms with van der Waals surface area (Å²) in [4.78, 5) is 12.3. The first-order valence-electron chi connectivity index (χ1n) is 8.74. The molecular formula is C19H19ClN4O2S. The molecule has 27 heavy (non-hydrogen) atoms. The third-order valence-corrected chi connectivity index (χ3v) is 5.59. The fourth-order valence-electron chi connectivity index (χ4n) is 2.80. The number of hydrogen-bond donors (Lipinski definition) is 1. The molecule has 1 saturated carbocycles. The second kappa shape index (κ2) is 7.78. The summed E-state index contributed by atoms with van der Waals surface area (Å²) in [5.74, 6) is 2.36. The van der Waals surface area contributed by atoms with Crippen molar-refractivity contribution in [3.63, 3.8) is 0 Å². The lowest BCUT2D eigenvalue weighted by Gasteiger charge is -2.09. The van der Waals surface area contributed by atoms with Gasteiger partial charge in [-0.25, -0.2) is 0 Å². The molecule has 0 atom stereocenters. The highest BCUT2D eigenvalue weighted by Crippen LogP contribution is 2.40. The summed E-state index contributed by atoms with van der Waals surface area (Å²) >= 11 is 7.55. The Labute approximate surface area is 166 Å². The SMILES string of the molecule is Cc1ccc(NC(=O)CSc2nnc(C3CC3)n2Cc2ccco2)c(Cl)c1. The second-order valence-electron chi connectivity index (χ2n) is 6.60. The Balaban J connectivity index is 1.43. The molecule has 0 saturated heterocycles. The van der Waals surface area contributed by atoms with Gasteiger partial charge in [-0.3, -0.25) is 9.36 Å². The fourth-order valence-corrected chi connectivity index (χ4v) is 3.82. The van der Waals surface area contributed by atoms with Crippen LogP contribution in [0.15, 0.2) is 46.2 Å². The van der Waals surface area contributed by atoms with Gasteiger partial charge in [-0.05, 0) is 49.6 Å². The van der Waals surface area contributed by atoms with E-state index in [1.165, 1.54) is 11.8 Å². The topological polar surface area (TPSA) is 73.0 Å². The largest absolute Gasteiger partial charge is 0.467 e. The summed E-state index contributed by atoms with van der Waals surface area (Å²) in [5.41, 5.74) is 1.66. The summed E-state index contributed by atoms with van der Waals surface area (Å²) in [7, 11) is 0. The molecule has 1 amide bonds. The minimum Gasteiger partial charge on any atom is -0.467 e. The molecule has 1 aliphatic carbocycles. The van der Waals surface area contributed by atoms with Gasteiger partial charge < -0.3 is 9.73 Å². The number of carbonyl (C=O) groups is 1. The minimum atomic E-state index is -0.133. The summed E-state index contributed by atoms with van der Waals surface area (Å²) in [6, 6.07) is 9.34. The molecule has 4 rings (SSSR count). The summed E-state index contributed by atoms with van der Waals surface area (Å²) in [6.45, 7) is 2.52. The number of benzene rings is 1. The van der Waals surface area contributed by atoms with Gasteiger partial charge in [0.15, 0.2) is 5.16 Å². The van der Waals surface area contributed by atoms with Crippen LogP contribution in [0.4, 0.5) is 5.69 Å². The van der Waals surface area contributed by atoms with Crippen molar-refractivity contribution in [3.8, 4) is 0 Å². The Morgan fingerprint density at radius 3 is 2.93 bits per heavy atom. The molecule has 2 heterocycles. The van der Waals surface area contributed by atoms with E-state index in [9.17, 15) is 4.79 Å². The lowest BCUT2D eigenvalue weighted by atomic mass is 10.2. The molecule has 1 N–H and O–H groups in total. The van der Waals surface area contributed by atoms with E-state index in [0.29, 0.717) is 23.2 Å². The van der Waals surface area contributed by atoms with E-state index in [1.54, 1.807) is 6.26 Å². The number of aromatic nitrogens is 3. The Bertz CT molecular complexity index is 951. The number of hydrogen-bond acceptors (Lipinski definition) is 5. The van der Waals surface area contributed by atoms with Crippen molar-refractivity contribution in [2.24, 2.45) is 0 Å². The number of halogens is 1. The molecule has 1 aromatic carbocycles. The van der Waals surface area contributed by atoms with Crippen LogP contribution in [-0.2, 0) is 11.3 Å². The van der Waals surface area contributed by atoms with Crippen molar-refractivity contribution < 1.29 is 9.21 Å². The zero-order chi connectivity index (χ0) is 18.8. The normalized spacial score (nSPS) is 13.7. The van der Waals surface area contributed by atoms with Gasteiger partial charge in [0.05, 0.1) is 29.3 Å². The van der Waals surface area contributed by atoms with Crippen molar-refractivity contribution in [1.29, 1.82) is 0 Å². The van der Waals surface area contributed by atoms with Crippen LogP contribution in [0.5, 0.6) is 0 Å². The van der Waals surface area contributed by atoms with E-state index >= 15 is 0 Å². The Kier molecular flexibility index (Phi) is 5.22. The summed E-state index contributed by atoms with van der Waals surface area (Å²) < 4.78 is 7.51. The van der Waals surface area contributed by atoms with Crippen molar-refractivity contribution >= 4 is 35.0 Å². The zero-order valence-corrected chi connectivity index (χ0v) is 16.4.